The number of carbonyl (C=O) groups is 1. The third-order valence-corrected chi connectivity index (χ3v) is 5.70. The molecule has 4 rings (SSSR count). The topological polar surface area (TPSA) is 93.2 Å². The number of amides is 1. The molecule has 0 bridgehead atoms. The van der Waals surface area contributed by atoms with Gasteiger partial charge in [-0.05, 0) is 32.1 Å². The Hall–Kier alpha value is -2.64. The molecule has 2 aliphatic heterocycles. The lowest BCUT2D eigenvalue weighted by molar-refractivity contribution is -0.139. The zero-order valence-corrected chi connectivity index (χ0v) is 15.8. The van der Waals surface area contributed by atoms with Crippen LogP contribution < -0.4 is 10.6 Å². The van der Waals surface area contributed by atoms with Gasteiger partial charge in [0.1, 0.15) is 5.82 Å². The van der Waals surface area contributed by atoms with Gasteiger partial charge in [0.2, 0.25) is 11.9 Å². The molecular weight excluding hydrogens is 342 g/mol. The third kappa shape index (κ3) is 3.89. The summed E-state index contributed by atoms with van der Waals surface area (Å²) in [7, 11) is 0. The van der Waals surface area contributed by atoms with Crippen LogP contribution in [-0.2, 0) is 11.3 Å². The van der Waals surface area contributed by atoms with Crippen LogP contribution >= 0.6 is 0 Å². The Kier molecular flexibility index (Phi) is 4.96. The Balaban J connectivity index is 1.40. The molecule has 1 amide bonds. The maximum absolute atomic E-state index is 12.5. The quantitative estimate of drug-likeness (QED) is 0.858. The summed E-state index contributed by atoms with van der Waals surface area (Å²) in [5.74, 6) is 2.02. The Bertz CT molecular complexity index is 771. The van der Waals surface area contributed by atoms with Crippen molar-refractivity contribution < 1.29 is 4.79 Å². The minimum absolute atomic E-state index is 0.303. The van der Waals surface area contributed by atoms with Crippen molar-refractivity contribution in [3.05, 3.63) is 30.5 Å². The molecule has 0 aliphatic carbocycles. The number of aryl methyl sites for hydroxylation is 2. The van der Waals surface area contributed by atoms with Gasteiger partial charge in [0.25, 0.3) is 0 Å². The fourth-order valence-electron chi connectivity index (χ4n) is 4.43. The van der Waals surface area contributed by atoms with Crippen molar-refractivity contribution in [2.45, 2.75) is 45.2 Å². The Morgan fingerprint density at radius 2 is 2.15 bits per heavy atom. The van der Waals surface area contributed by atoms with E-state index in [9.17, 15) is 4.79 Å². The van der Waals surface area contributed by atoms with Crippen molar-refractivity contribution in [3.63, 3.8) is 0 Å². The van der Waals surface area contributed by atoms with E-state index in [2.05, 4.69) is 29.3 Å². The highest BCUT2D eigenvalue weighted by Crippen LogP contribution is 2.33. The molecule has 0 saturated carbocycles. The molecule has 0 spiro atoms. The second-order valence-corrected chi connectivity index (χ2v) is 7.57. The van der Waals surface area contributed by atoms with Crippen molar-refractivity contribution in [2.24, 2.45) is 5.92 Å². The summed E-state index contributed by atoms with van der Waals surface area (Å²) >= 11 is 0. The highest BCUT2D eigenvalue weighted by atomic mass is 16.2. The fraction of sp³-hybridized carbons (Fsp3) is 0.579. The normalized spacial score (nSPS) is 22.8. The number of likely N-dealkylation sites (tertiary alicyclic amines) is 1. The summed E-state index contributed by atoms with van der Waals surface area (Å²) in [5.41, 5.74) is 6.71. The Morgan fingerprint density at radius 3 is 2.93 bits per heavy atom. The van der Waals surface area contributed by atoms with Crippen molar-refractivity contribution in [1.82, 2.24) is 24.4 Å². The minimum atomic E-state index is 0.303. The number of fused-ring (bicyclic) bond motifs is 1. The van der Waals surface area contributed by atoms with E-state index in [1.54, 1.807) is 6.20 Å². The number of carbonyl (C=O) groups excluding carboxylic acids is 1. The van der Waals surface area contributed by atoms with Crippen LogP contribution in [0.15, 0.2) is 24.8 Å². The molecular formula is C19H27N7O. The standard InChI is InChI=1S/C19H27N7O/c1-14-11-17(23-19(20)22-14)25-9-5-16-15(12-25)3-4-18(27)26(16)8-2-7-24-10-6-21-13-24/h6,10-11,13,15-16H,2-5,7-9,12H2,1H3,(H2,20,22,23)/t15-,16+/m0/s1. The number of hydrogen-bond acceptors (Lipinski definition) is 6. The van der Waals surface area contributed by atoms with E-state index in [0.29, 0.717) is 30.2 Å². The van der Waals surface area contributed by atoms with Crippen LogP contribution in [-0.4, -0.2) is 56.0 Å². The van der Waals surface area contributed by atoms with Crippen molar-refractivity contribution in [3.8, 4) is 0 Å². The Morgan fingerprint density at radius 1 is 1.26 bits per heavy atom. The molecule has 2 aromatic rings. The van der Waals surface area contributed by atoms with Crippen LogP contribution in [0, 0.1) is 12.8 Å². The molecule has 8 heteroatoms. The SMILES string of the molecule is Cc1cc(N2CC[C@@H]3[C@@H](CCC(=O)N3CCCn3ccnc3)C2)nc(N)n1. The van der Waals surface area contributed by atoms with Gasteiger partial charge < -0.3 is 20.1 Å². The first-order valence-electron chi connectivity index (χ1n) is 9.71. The zero-order chi connectivity index (χ0) is 18.8. The predicted octanol–water partition coefficient (Wildman–Crippen LogP) is 1.47. The summed E-state index contributed by atoms with van der Waals surface area (Å²) < 4.78 is 2.07. The Labute approximate surface area is 159 Å². The number of rotatable bonds is 5. The largest absolute Gasteiger partial charge is 0.368 e. The van der Waals surface area contributed by atoms with Gasteiger partial charge in [0, 0.05) is 62.8 Å². The van der Waals surface area contributed by atoms with Gasteiger partial charge in [-0.2, -0.15) is 4.98 Å². The van der Waals surface area contributed by atoms with Gasteiger partial charge >= 0.3 is 0 Å². The molecule has 8 nitrogen and oxygen atoms in total. The molecule has 0 radical (unpaired) electrons. The average molecular weight is 369 g/mol. The minimum Gasteiger partial charge on any atom is -0.368 e. The van der Waals surface area contributed by atoms with Crippen LogP contribution in [0.25, 0.3) is 0 Å². The van der Waals surface area contributed by atoms with E-state index >= 15 is 0 Å². The highest BCUT2D eigenvalue weighted by Gasteiger charge is 2.39. The first kappa shape index (κ1) is 17.8. The monoisotopic (exact) mass is 369 g/mol. The van der Waals surface area contributed by atoms with E-state index in [0.717, 1.165) is 57.0 Å². The number of nitrogens with zero attached hydrogens (tertiary/aromatic N) is 6. The first-order valence-corrected chi connectivity index (χ1v) is 9.71. The summed E-state index contributed by atoms with van der Waals surface area (Å²) in [5, 5.41) is 0. The average Bonchev–Trinajstić information content (AvgIpc) is 3.16. The van der Waals surface area contributed by atoms with Crippen molar-refractivity contribution in [2.75, 3.05) is 30.3 Å². The van der Waals surface area contributed by atoms with Gasteiger partial charge in [-0.1, -0.05) is 0 Å². The number of hydrogen-bond donors (Lipinski definition) is 1. The van der Waals surface area contributed by atoms with Crippen LogP contribution in [0.5, 0.6) is 0 Å². The molecule has 2 fully saturated rings. The molecule has 2 aliphatic rings. The van der Waals surface area contributed by atoms with Gasteiger partial charge in [-0.25, -0.2) is 9.97 Å². The van der Waals surface area contributed by atoms with Crippen LogP contribution in [0.3, 0.4) is 0 Å². The molecule has 4 heterocycles. The van der Waals surface area contributed by atoms with Crippen LogP contribution in [0.4, 0.5) is 11.8 Å². The zero-order valence-electron chi connectivity index (χ0n) is 15.8. The van der Waals surface area contributed by atoms with E-state index < -0.39 is 0 Å². The van der Waals surface area contributed by atoms with Gasteiger partial charge in [0.05, 0.1) is 6.33 Å². The second kappa shape index (κ2) is 7.54. The van der Waals surface area contributed by atoms with Crippen molar-refractivity contribution in [1.29, 1.82) is 0 Å². The van der Waals surface area contributed by atoms with E-state index in [1.165, 1.54) is 0 Å². The molecule has 2 atom stereocenters. The summed E-state index contributed by atoms with van der Waals surface area (Å²) in [4.78, 5) is 29.6. The number of nitrogen functional groups attached to an aromatic ring is 1. The van der Waals surface area contributed by atoms with Crippen LogP contribution in [0.1, 0.15) is 31.4 Å². The maximum Gasteiger partial charge on any atom is 0.222 e. The van der Waals surface area contributed by atoms with Gasteiger partial charge in [0.15, 0.2) is 0 Å². The highest BCUT2D eigenvalue weighted by molar-refractivity contribution is 5.77. The predicted molar refractivity (Wildman–Crippen MR) is 103 cm³/mol. The van der Waals surface area contributed by atoms with Crippen molar-refractivity contribution >= 4 is 17.7 Å². The molecule has 0 aromatic carbocycles. The second-order valence-electron chi connectivity index (χ2n) is 7.57. The molecule has 2 saturated heterocycles. The number of aromatic nitrogens is 4. The number of imidazole rings is 1. The molecule has 2 N–H and O–H groups in total. The molecule has 27 heavy (non-hydrogen) atoms. The molecule has 2 aromatic heterocycles. The summed E-state index contributed by atoms with van der Waals surface area (Å²) in [6.07, 6.45) is 9.12. The van der Waals surface area contributed by atoms with E-state index in [4.69, 9.17) is 5.73 Å². The van der Waals surface area contributed by atoms with E-state index in [-0.39, 0.29) is 0 Å². The number of piperidine rings is 2. The summed E-state index contributed by atoms with van der Waals surface area (Å²) in [6.45, 7) is 5.47. The lowest BCUT2D eigenvalue weighted by Gasteiger charge is -2.47. The van der Waals surface area contributed by atoms with Gasteiger partial charge in [-0.3, -0.25) is 4.79 Å². The third-order valence-electron chi connectivity index (χ3n) is 5.70. The lowest BCUT2D eigenvalue weighted by atomic mass is 9.83. The smallest absolute Gasteiger partial charge is 0.222 e. The number of nitrogens with two attached hydrogens (primary N) is 1. The summed E-state index contributed by atoms with van der Waals surface area (Å²) in [6, 6.07) is 2.33. The van der Waals surface area contributed by atoms with E-state index in [1.807, 2.05) is 25.5 Å². The molecule has 0 unspecified atom stereocenters. The van der Waals surface area contributed by atoms with Gasteiger partial charge in [-0.15, -0.1) is 0 Å². The molecule has 144 valence electrons. The maximum atomic E-state index is 12.5. The first-order chi connectivity index (χ1) is 13.1. The lowest BCUT2D eigenvalue weighted by Crippen LogP contribution is -2.56. The fourth-order valence-corrected chi connectivity index (χ4v) is 4.43. The van der Waals surface area contributed by atoms with Crippen LogP contribution in [0.2, 0.25) is 0 Å². The number of anilines is 2.